The summed E-state index contributed by atoms with van der Waals surface area (Å²) < 4.78 is 4.93. The Morgan fingerprint density at radius 3 is 2.62 bits per heavy atom. The van der Waals surface area contributed by atoms with E-state index in [0.29, 0.717) is 11.3 Å². The molecule has 0 N–H and O–H groups in total. The zero-order valence-corrected chi connectivity index (χ0v) is 9.48. The maximum atomic E-state index is 10.8. The number of methoxy groups -OCH3 is 1. The molecule has 0 fully saturated rings. The summed E-state index contributed by atoms with van der Waals surface area (Å²) >= 11 is 0. The highest BCUT2D eigenvalue weighted by Crippen LogP contribution is 2.23. The quantitative estimate of drug-likeness (QED) is 0.436. The number of hydrogen-bond acceptors (Lipinski definition) is 3. The lowest BCUT2D eigenvalue weighted by molar-refractivity contribution is -0.385. The van der Waals surface area contributed by atoms with Crippen molar-refractivity contribution in [1.82, 2.24) is 0 Å². The summed E-state index contributed by atoms with van der Waals surface area (Å²) in [6, 6.07) is 4.65. The molecule has 0 radical (unpaired) electrons. The molecule has 1 aromatic carbocycles. The molecule has 0 aliphatic heterocycles. The van der Waals surface area contributed by atoms with Crippen molar-refractivity contribution in [3.05, 3.63) is 33.9 Å². The van der Waals surface area contributed by atoms with E-state index < -0.39 is 4.92 Å². The Morgan fingerprint density at radius 2 is 2.12 bits per heavy atom. The molecule has 1 aromatic rings. The summed E-state index contributed by atoms with van der Waals surface area (Å²) in [4.78, 5) is 10.4. The fraction of sp³-hybridized carbons (Fsp3) is 0.333. The number of rotatable bonds is 2. The zero-order valence-electron chi connectivity index (χ0n) is 9.48. The molecule has 0 heterocycles. The summed E-state index contributed by atoms with van der Waals surface area (Å²) in [7, 11) is 1.47. The first-order chi connectivity index (χ1) is 7.54. The Hall–Kier alpha value is -2.02. The average molecular weight is 219 g/mol. The van der Waals surface area contributed by atoms with Gasteiger partial charge in [-0.05, 0) is 12.1 Å². The second-order valence-electron chi connectivity index (χ2n) is 3.56. The van der Waals surface area contributed by atoms with Gasteiger partial charge in [0.25, 0.3) is 5.69 Å². The van der Waals surface area contributed by atoms with E-state index in [0.717, 1.165) is 0 Å². The molecule has 4 nitrogen and oxygen atoms in total. The highest BCUT2D eigenvalue weighted by molar-refractivity contribution is 5.54. The van der Waals surface area contributed by atoms with Gasteiger partial charge in [0.05, 0.1) is 18.1 Å². The molecule has 1 rings (SSSR count). The van der Waals surface area contributed by atoms with Gasteiger partial charge in [-0.3, -0.25) is 10.1 Å². The molecule has 0 unspecified atom stereocenters. The smallest absolute Gasteiger partial charge is 0.288 e. The fourth-order valence-electron chi connectivity index (χ4n) is 1.12. The van der Waals surface area contributed by atoms with Crippen molar-refractivity contribution in [2.45, 2.75) is 13.8 Å². The lowest BCUT2D eigenvalue weighted by Crippen LogP contribution is -1.94. The van der Waals surface area contributed by atoms with Gasteiger partial charge in [0.15, 0.2) is 0 Å². The largest absolute Gasteiger partial charge is 0.497 e. The van der Waals surface area contributed by atoms with Crippen molar-refractivity contribution in [3.8, 4) is 17.6 Å². The van der Waals surface area contributed by atoms with E-state index in [1.807, 2.05) is 13.8 Å². The minimum Gasteiger partial charge on any atom is -0.497 e. The predicted molar refractivity (Wildman–Crippen MR) is 61.4 cm³/mol. The number of benzene rings is 1. The second kappa shape index (κ2) is 5.17. The van der Waals surface area contributed by atoms with Crippen molar-refractivity contribution >= 4 is 5.69 Å². The van der Waals surface area contributed by atoms with Crippen molar-refractivity contribution in [3.63, 3.8) is 0 Å². The first-order valence-electron chi connectivity index (χ1n) is 4.88. The Balaban J connectivity index is 3.20. The maximum Gasteiger partial charge on any atom is 0.288 e. The maximum absolute atomic E-state index is 10.8. The topological polar surface area (TPSA) is 52.4 Å². The van der Waals surface area contributed by atoms with Crippen LogP contribution in [0, 0.1) is 27.9 Å². The first-order valence-corrected chi connectivity index (χ1v) is 4.88. The summed E-state index contributed by atoms with van der Waals surface area (Å²) in [6.45, 7) is 3.87. The van der Waals surface area contributed by atoms with E-state index in [-0.39, 0.29) is 11.6 Å². The lowest BCUT2D eigenvalue weighted by atomic mass is 10.1. The van der Waals surface area contributed by atoms with Gasteiger partial charge in [0, 0.05) is 5.92 Å². The number of nitrogens with zero attached hydrogens (tertiary/aromatic N) is 1. The van der Waals surface area contributed by atoms with E-state index in [2.05, 4.69) is 11.8 Å². The Labute approximate surface area is 94.4 Å². The summed E-state index contributed by atoms with van der Waals surface area (Å²) in [5, 5.41) is 10.8. The van der Waals surface area contributed by atoms with Crippen LogP contribution in [0.2, 0.25) is 0 Å². The zero-order chi connectivity index (χ0) is 12.1. The molecule has 16 heavy (non-hydrogen) atoms. The summed E-state index contributed by atoms with van der Waals surface area (Å²) in [5.41, 5.74) is 0.395. The normalized spacial score (nSPS) is 9.50. The second-order valence-corrected chi connectivity index (χ2v) is 3.56. The highest BCUT2D eigenvalue weighted by Gasteiger charge is 2.13. The van der Waals surface area contributed by atoms with Gasteiger partial charge in [0.2, 0.25) is 0 Å². The molecule has 0 saturated heterocycles. The van der Waals surface area contributed by atoms with Crippen LogP contribution >= 0.6 is 0 Å². The van der Waals surface area contributed by atoms with Gasteiger partial charge in [-0.1, -0.05) is 25.7 Å². The van der Waals surface area contributed by atoms with Crippen LogP contribution in [0.1, 0.15) is 19.4 Å². The van der Waals surface area contributed by atoms with Crippen LogP contribution < -0.4 is 4.74 Å². The molecule has 0 bridgehead atoms. The van der Waals surface area contributed by atoms with Crippen LogP contribution in [-0.2, 0) is 0 Å². The van der Waals surface area contributed by atoms with Crippen molar-refractivity contribution < 1.29 is 9.66 Å². The van der Waals surface area contributed by atoms with E-state index in [4.69, 9.17) is 4.74 Å². The lowest BCUT2D eigenvalue weighted by Gasteiger charge is -2.00. The molecule has 84 valence electrons. The summed E-state index contributed by atoms with van der Waals surface area (Å²) in [5.74, 6) is 6.34. The van der Waals surface area contributed by atoms with Crippen molar-refractivity contribution in [2.75, 3.05) is 7.11 Å². The molecule has 4 heteroatoms. The molecule has 0 aromatic heterocycles. The van der Waals surface area contributed by atoms with Crippen molar-refractivity contribution in [2.24, 2.45) is 5.92 Å². The molecular weight excluding hydrogens is 206 g/mol. The van der Waals surface area contributed by atoms with E-state index in [9.17, 15) is 10.1 Å². The Bertz CT molecular complexity index is 455. The van der Waals surface area contributed by atoms with Crippen LogP contribution in [0.15, 0.2) is 18.2 Å². The molecule has 0 saturated carbocycles. The van der Waals surface area contributed by atoms with Crippen LogP contribution in [0.5, 0.6) is 5.75 Å². The third kappa shape index (κ3) is 2.99. The molecular formula is C12H13NO3. The average Bonchev–Trinajstić information content (AvgIpc) is 2.25. The minimum atomic E-state index is -0.452. The number of nitro groups is 1. The number of nitro benzene ring substituents is 1. The standard InChI is InChI=1S/C12H13NO3/c1-9(2)4-5-10-6-7-11(16-3)8-12(10)13(14)15/h6-9H,1-3H3. The SMILES string of the molecule is COc1ccc(C#CC(C)C)c([N+](=O)[O-])c1. The van der Waals surface area contributed by atoms with E-state index in [1.54, 1.807) is 12.1 Å². The van der Waals surface area contributed by atoms with E-state index in [1.165, 1.54) is 13.2 Å². The molecule has 0 atom stereocenters. The van der Waals surface area contributed by atoms with Gasteiger partial charge < -0.3 is 4.74 Å². The third-order valence-corrected chi connectivity index (χ3v) is 1.90. The monoisotopic (exact) mass is 219 g/mol. The first kappa shape index (κ1) is 12.1. The van der Waals surface area contributed by atoms with Gasteiger partial charge >= 0.3 is 0 Å². The predicted octanol–water partition coefficient (Wildman–Crippen LogP) is 2.61. The summed E-state index contributed by atoms with van der Waals surface area (Å²) in [6.07, 6.45) is 0. The van der Waals surface area contributed by atoms with Gasteiger partial charge in [-0.25, -0.2) is 0 Å². The van der Waals surface area contributed by atoms with Crippen molar-refractivity contribution in [1.29, 1.82) is 0 Å². The van der Waals surface area contributed by atoms with Gasteiger partial charge in [0.1, 0.15) is 11.3 Å². The van der Waals surface area contributed by atoms with Gasteiger partial charge in [-0.15, -0.1) is 0 Å². The molecule has 0 aliphatic carbocycles. The van der Waals surface area contributed by atoms with Crippen LogP contribution in [0.3, 0.4) is 0 Å². The third-order valence-electron chi connectivity index (χ3n) is 1.90. The molecule has 0 spiro atoms. The Morgan fingerprint density at radius 1 is 1.44 bits per heavy atom. The fourth-order valence-corrected chi connectivity index (χ4v) is 1.12. The number of hydrogen-bond donors (Lipinski definition) is 0. The van der Waals surface area contributed by atoms with E-state index >= 15 is 0 Å². The van der Waals surface area contributed by atoms with Crippen LogP contribution in [0.25, 0.3) is 0 Å². The molecule has 0 aliphatic rings. The Kier molecular flexibility index (Phi) is 3.90. The van der Waals surface area contributed by atoms with Gasteiger partial charge in [-0.2, -0.15) is 0 Å². The highest BCUT2D eigenvalue weighted by atomic mass is 16.6. The minimum absolute atomic E-state index is 0.0208. The number of ether oxygens (including phenoxy) is 1. The molecule has 0 amide bonds. The van der Waals surface area contributed by atoms with Crippen LogP contribution in [-0.4, -0.2) is 12.0 Å². The van der Waals surface area contributed by atoms with Crippen LogP contribution in [0.4, 0.5) is 5.69 Å².